The summed E-state index contributed by atoms with van der Waals surface area (Å²) in [6, 6.07) is 8.11. The quantitative estimate of drug-likeness (QED) is 0.487. The molecule has 0 spiro atoms. The van der Waals surface area contributed by atoms with Gasteiger partial charge in [0.1, 0.15) is 12.4 Å². The van der Waals surface area contributed by atoms with Gasteiger partial charge in [-0.15, -0.1) is 0 Å². The molecule has 1 N–H and O–H groups in total. The number of carbonyl (C=O) groups is 1. The van der Waals surface area contributed by atoms with Crippen molar-refractivity contribution in [3.8, 4) is 17.2 Å². The van der Waals surface area contributed by atoms with Gasteiger partial charge in [-0.2, -0.15) is 4.73 Å². The summed E-state index contributed by atoms with van der Waals surface area (Å²) >= 11 is 0. The summed E-state index contributed by atoms with van der Waals surface area (Å²) in [5.74, 6) is -0.690. The predicted molar refractivity (Wildman–Crippen MR) is 76.1 cm³/mol. The maximum absolute atomic E-state index is 11.6. The van der Waals surface area contributed by atoms with E-state index in [-0.39, 0.29) is 22.8 Å². The Hall–Kier alpha value is -2.90. The van der Waals surface area contributed by atoms with Crippen molar-refractivity contribution in [2.24, 2.45) is 0 Å². The lowest BCUT2D eigenvalue weighted by Crippen LogP contribution is -2.34. The van der Waals surface area contributed by atoms with Crippen molar-refractivity contribution < 1.29 is 28.8 Å². The van der Waals surface area contributed by atoms with Crippen molar-refractivity contribution in [1.29, 1.82) is 0 Å². The largest absolute Gasteiger partial charge is 0.618 e. The molecule has 1 heterocycles. The molecule has 7 nitrogen and oxygen atoms in total. The Bertz CT molecular complexity index is 674. The highest BCUT2D eigenvalue weighted by atomic mass is 16.5. The van der Waals surface area contributed by atoms with Gasteiger partial charge in [-0.25, -0.2) is 4.79 Å². The van der Waals surface area contributed by atoms with Gasteiger partial charge >= 0.3 is 19.7 Å². The summed E-state index contributed by atoms with van der Waals surface area (Å²) in [5, 5.41) is 20.5. The summed E-state index contributed by atoms with van der Waals surface area (Å²) in [5.41, 5.74) is 0.306. The van der Waals surface area contributed by atoms with Gasteiger partial charge in [0.25, 0.3) is 0 Å². The van der Waals surface area contributed by atoms with Gasteiger partial charge < -0.3 is 24.4 Å². The zero-order chi connectivity index (χ0) is 16.1. The first-order chi connectivity index (χ1) is 10.5. The number of carboxylic acid groups (broad SMARTS) is 1. The standard InChI is InChI=1S/C14H12BNO6/c1-20-10-4-2-9(3-5-10)8-21-13-7-16(19)11(14(17)18)6-12(13)22-15/h2-7H,8H2,1H3,(H,17,18). The molecule has 0 aliphatic heterocycles. The molecule has 0 amide bonds. The summed E-state index contributed by atoms with van der Waals surface area (Å²) in [7, 11) is 6.64. The van der Waals surface area contributed by atoms with E-state index in [1.54, 1.807) is 31.4 Å². The first-order valence-corrected chi connectivity index (χ1v) is 6.18. The molecule has 22 heavy (non-hydrogen) atoms. The van der Waals surface area contributed by atoms with Crippen LogP contribution in [0.3, 0.4) is 0 Å². The molecule has 2 rings (SSSR count). The van der Waals surface area contributed by atoms with E-state index in [1.807, 2.05) is 0 Å². The van der Waals surface area contributed by atoms with E-state index in [0.29, 0.717) is 5.75 Å². The Balaban J connectivity index is 2.17. The molecule has 0 bridgehead atoms. The Morgan fingerprint density at radius 1 is 1.32 bits per heavy atom. The smallest absolute Gasteiger partial charge is 0.402 e. The van der Waals surface area contributed by atoms with Crippen LogP contribution in [-0.2, 0) is 6.61 Å². The predicted octanol–water partition coefficient (Wildman–Crippen LogP) is 1.07. The van der Waals surface area contributed by atoms with Crippen LogP contribution in [0.15, 0.2) is 36.5 Å². The maximum atomic E-state index is 11.6. The van der Waals surface area contributed by atoms with E-state index in [4.69, 9.17) is 22.6 Å². The molecule has 0 aliphatic carbocycles. The van der Waals surface area contributed by atoms with Crippen LogP contribution >= 0.6 is 0 Å². The molecule has 2 radical (unpaired) electrons. The zero-order valence-corrected chi connectivity index (χ0v) is 11.7. The fourth-order valence-corrected chi connectivity index (χ4v) is 1.74. The Morgan fingerprint density at radius 3 is 2.55 bits per heavy atom. The van der Waals surface area contributed by atoms with Crippen molar-refractivity contribution in [2.75, 3.05) is 7.11 Å². The van der Waals surface area contributed by atoms with Gasteiger partial charge in [-0.1, -0.05) is 12.1 Å². The third kappa shape index (κ3) is 3.40. The summed E-state index contributed by atoms with van der Waals surface area (Å²) < 4.78 is 15.2. The van der Waals surface area contributed by atoms with Crippen LogP contribution in [-0.4, -0.2) is 26.2 Å². The fourth-order valence-electron chi connectivity index (χ4n) is 1.74. The zero-order valence-electron chi connectivity index (χ0n) is 11.7. The van der Waals surface area contributed by atoms with E-state index < -0.39 is 11.7 Å². The Labute approximate surface area is 127 Å². The van der Waals surface area contributed by atoms with Crippen LogP contribution in [0.5, 0.6) is 17.2 Å². The van der Waals surface area contributed by atoms with Crippen molar-refractivity contribution >= 4 is 14.0 Å². The Kier molecular flexibility index (Phi) is 4.72. The molecule has 0 unspecified atom stereocenters. The van der Waals surface area contributed by atoms with E-state index in [0.717, 1.165) is 17.8 Å². The molecule has 112 valence electrons. The second-order valence-corrected chi connectivity index (χ2v) is 4.27. The lowest BCUT2D eigenvalue weighted by molar-refractivity contribution is -0.608. The van der Waals surface area contributed by atoms with Crippen LogP contribution < -0.4 is 18.9 Å². The number of rotatable bonds is 6. The number of aromatic nitrogens is 1. The molecule has 0 fully saturated rings. The van der Waals surface area contributed by atoms with Crippen LogP contribution in [0.25, 0.3) is 0 Å². The monoisotopic (exact) mass is 301 g/mol. The second-order valence-electron chi connectivity index (χ2n) is 4.27. The normalized spacial score (nSPS) is 10.0. The van der Waals surface area contributed by atoms with Crippen molar-refractivity contribution in [3.63, 3.8) is 0 Å². The van der Waals surface area contributed by atoms with Gasteiger partial charge in [0.15, 0.2) is 5.75 Å². The van der Waals surface area contributed by atoms with Crippen LogP contribution in [0.4, 0.5) is 0 Å². The average Bonchev–Trinajstić information content (AvgIpc) is 2.53. The lowest BCUT2D eigenvalue weighted by atomic mass is 10.2. The number of nitrogens with zero attached hydrogens (tertiary/aromatic N) is 1. The number of aromatic carboxylic acids is 1. The lowest BCUT2D eigenvalue weighted by Gasteiger charge is -2.11. The van der Waals surface area contributed by atoms with Gasteiger partial charge in [0.2, 0.25) is 11.9 Å². The summed E-state index contributed by atoms with van der Waals surface area (Å²) in [4.78, 5) is 10.9. The van der Waals surface area contributed by atoms with E-state index in [2.05, 4.69) is 4.65 Å². The molecule has 0 aliphatic rings. The van der Waals surface area contributed by atoms with Crippen LogP contribution in [0.2, 0.25) is 0 Å². The fraction of sp³-hybridized carbons (Fsp3) is 0.143. The summed E-state index contributed by atoms with van der Waals surface area (Å²) in [6.45, 7) is 0.146. The van der Waals surface area contributed by atoms with Crippen LogP contribution in [0, 0.1) is 5.21 Å². The summed E-state index contributed by atoms with van der Waals surface area (Å²) in [6.07, 6.45) is 0.954. The number of methoxy groups -OCH3 is 1. The number of hydrogen-bond acceptors (Lipinski definition) is 5. The highest BCUT2D eigenvalue weighted by molar-refractivity contribution is 6.00. The van der Waals surface area contributed by atoms with Gasteiger partial charge in [0, 0.05) is 0 Å². The van der Waals surface area contributed by atoms with Crippen molar-refractivity contribution in [3.05, 3.63) is 53.0 Å². The third-order valence-corrected chi connectivity index (χ3v) is 2.88. The average molecular weight is 301 g/mol. The number of hydrogen-bond donors (Lipinski definition) is 1. The number of pyridine rings is 1. The molecule has 1 aromatic carbocycles. The minimum Gasteiger partial charge on any atom is -0.618 e. The molecule has 0 saturated heterocycles. The topological polar surface area (TPSA) is 91.9 Å². The van der Waals surface area contributed by atoms with E-state index in [1.165, 1.54) is 0 Å². The molecular weight excluding hydrogens is 289 g/mol. The number of benzene rings is 1. The van der Waals surface area contributed by atoms with E-state index in [9.17, 15) is 10.0 Å². The van der Waals surface area contributed by atoms with Gasteiger partial charge in [0.05, 0.1) is 13.2 Å². The molecule has 1 aromatic heterocycles. The van der Waals surface area contributed by atoms with Gasteiger partial charge in [-0.3, -0.25) is 0 Å². The van der Waals surface area contributed by atoms with Crippen molar-refractivity contribution in [2.45, 2.75) is 6.61 Å². The van der Waals surface area contributed by atoms with E-state index >= 15 is 0 Å². The second kappa shape index (κ2) is 6.71. The maximum Gasteiger partial charge on any atom is 0.402 e. The molecule has 2 aromatic rings. The molecular formula is C14H12BNO6. The number of ether oxygens (including phenoxy) is 2. The minimum atomic E-state index is -1.39. The SMILES string of the molecule is [B]Oc1cc(C(=O)O)[n+]([O-])cc1OCc1ccc(OC)cc1. The van der Waals surface area contributed by atoms with Crippen LogP contribution in [0.1, 0.15) is 16.1 Å². The first kappa shape index (κ1) is 15.5. The first-order valence-electron chi connectivity index (χ1n) is 6.18. The molecule has 8 heteroatoms. The minimum absolute atomic E-state index is 0.0401. The molecule has 0 saturated carbocycles. The van der Waals surface area contributed by atoms with Crippen molar-refractivity contribution in [1.82, 2.24) is 0 Å². The van der Waals surface area contributed by atoms with Gasteiger partial charge in [-0.05, 0) is 17.7 Å². The highest BCUT2D eigenvalue weighted by Gasteiger charge is 2.20. The molecule has 0 atom stereocenters. The highest BCUT2D eigenvalue weighted by Crippen LogP contribution is 2.26. The third-order valence-electron chi connectivity index (χ3n) is 2.88. The number of carboxylic acids is 1. The Morgan fingerprint density at radius 2 is 2.00 bits per heavy atom.